The van der Waals surface area contributed by atoms with Crippen molar-refractivity contribution in [3.05, 3.63) is 29.3 Å². The number of hydrogen-bond donors (Lipinski definition) is 2. The van der Waals surface area contributed by atoms with E-state index in [1.165, 1.54) is 5.56 Å². The minimum Gasteiger partial charge on any atom is -0.325 e. The third-order valence-electron chi connectivity index (χ3n) is 4.42. The Balaban J connectivity index is 2.23. The smallest absolute Gasteiger partial charge is 0.230 e. The molecule has 2 N–H and O–H groups in total. The number of para-hydroxylation sites is 1. The molecule has 1 aliphatic rings. The summed E-state index contributed by atoms with van der Waals surface area (Å²) in [5.41, 5.74) is 3.12. The molecule has 0 aliphatic carbocycles. The highest BCUT2D eigenvalue weighted by Crippen LogP contribution is 2.33. The fourth-order valence-electron chi connectivity index (χ4n) is 2.81. The van der Waals surface area contributed by atoms with Gasteiger partial charge in [-0.3, -0.25) is 4.79 Å². The first-order chi connectivity index (χ1) is 9.44. The highest BCUT2D eigenvalue weighted by molar-refractivity contribution is 5.96. The summed E-state index contributed by atoms with van der Waals surface area (Å²) in [5, 5.41) is 6.52. The molecule has 0 atom stereocenters. The first kappa shape index (κ1) is 15.0. The van der Waals surface area contributed by atoms with Crippen molar-refractivity contribution in [3.8, 4) is 0 Å². The quantitative estimate of drug-likeness (QED) is 0.886. The summed E-state index contributed by atoms with van der Waals surface area (Å²) in [5.74, 6) is 0.571. The molecular weight excluding hydrogens is 248 g/mol. The van der Waals surface area contributed by atoms with Gasteiger partial charge in [0.25, 0.3) is 0 Å². The standard InChI is InChI=1S/C17H26N2O/c1-12(2)14-7-5-6-13(3)15(14)19-16(20)17(4)8-10-18-11-9-17/h5-7,12,18H,8-11H2,1-4H3,(H,19,20). The molecule has 0 spiro atoms. The number of anilines is 1. The number of carbonyl (C=O) groups is 1. The Hall–Kier alpha value is -1.35. The first-order valence-electron chi connectivity index (χ1n) is 7.56. The molecule has 110 valence electrons. The predicted octanol–water partition coefficient (Wildman–Crippen LogP) is 3.45. The summed E-state index contributed by atoms with van der Waals surface area (Å²) >= 11 is 0. The van der Waals surface area contributed by atoms with E-state index in [1.807, 2.05) is 0 Å². The average molecular weight is 274 g/mol. The van der Waals surface area contributed by atoms with E-state index in [2.05, 4.69) is 56.5 Å². The van der Waals surface area contributed by atoms with E-state index >= 15 is 0 Å². The van der Waals surface area contributed by atoms with E-state index in [0.29, 0.717) is 5.92 Å². The van der Waals surface area contributed by atoms with Crippen LogP contribution in [0.3, 0.4) is 0 Å². The van der Waals surface area contributed by atoms with Crippen LogP contribution in [0.1, 0.15) is 50.7 Å². The number of piperidine rings is 1. The maximum atomic E-state index is 12.7. The zero-order valence-electron chi connectivity index (χ0n) is 13.0. The lowest BCUT2D eigenvalue weighted by atomic mass is 9.80. The van der Waals surface area contributed by atoms with E-state index in [-0.39, 0.29) is 11.3 Å². The second-order valence-electron chi connectivity index (χ2n) is 6.46. The molecule has 0 unspecified atom stereocenters. The summed E-state index contributed by atoms with van der Waals surface area (Å²) in [7, 11) is 0. The normalized spacial score (nSPS) is 18.1. The third kappa shape index (κ3) is 3.04. The van der Waals surface area contributed by atoms with Crippen LogP contribution in [0.15, 0.2) is 18.2 Å². The van der Waals surface area contributed by atoms with Crippen LogP contribution in [0.2, 0.25) is 0 Å². The molecular formula is C17H26N2O. The molecule has 1 aromatic rings. The van der Waals surface area contributed by atoms with Gasteiger partial charge in [0, 0.05) is 11.1 Å². The van der Waals surface area contributed by atoms with Crippen LogP contribution in [0, 0.1) is 12.3 Å². The van der Waals surface area contributed by atoms with Crippen molar-refractivity contribution in [2.24, 2.45) is 5.41 Å². The molecule has 1 fully saturated rings. The van der Waals surface area contributed by atoms with E-state index in [9.17, 15) is 4.79 Å². The number of carbonyl (C=O) groups excluding carboxylic acids is 1. The maximum Gasteiger partial charge on any atom is 0.230 e. The van der Waals surface area contributed by atoms with Gasteiger partial charge < -0.3 is 10.6 Å². The average Bonchev–Trinajstić information content (AvgIpc) is 2.41. The van der Waals surface area contributed by atoms with Crippen molar-refractivity contribution in [2.45, 2.75) is 46.5 Å². The maximum absolute atomic E-state index is 12.7. The number of benzene rings is 1. The number of hydrogen-bond acceptors (Lipinski definition) is 2. The van der Waals surface area contributed by atoms with Gasteiger partial charge >= 0.3 is 0 Å². The van der Waals surface area contributed by atoms with Crippen molar-refractivity contribution in [1.29, 1.82) is 0 Å². The second-order valence-corrected chi connectivity index (χ2v) is 6.46. The van der Waals surface area contributed by atoms with E-state index in [1.54, 1.807) is 0 Å². The highest BCUT2D eigenvalue weighted by Gasteiger charge is 2.35. The van der Waals surface area contributed by atoms with Crippen LogP contribution >= 0.6 is 0 Å². The van der Waals surface area contributed by atoms with Crippen molar-refractivity contribution in [2.75, 3.05) is 18.4 Å². The molecule has 1 amide bonds. The molecule has 0 bridgehead atoms. The molecule has 3 heteroatoms. The fourth-order valence-corrected chi connectivity index (χ4v) is 2.81. The van der Waals surface area contributed by atoms with Crippen LogP contribution in [0.4, 0.5) is 5.69 Å². The molecule has 1 saturated heterocycles. The molecule has 1 heterocycles. The van der Waals surface area contributed by atoms with E-state index in [0.717, 1.165) is 37.2 Å². The van der Waals surface area contributed by atoms with Gasteiger partial charge in [-0.25, -0.2) is 0 Å². The Morgan fingerprint density at radius 1 is 1.30 bits per heavy atom. The van der Waals surface area contributed by atoms with E-state index in [4.69, 9.17) is 0 Å². The topological polar surface area (TPSA) is 41.1 Å². The Labute approximate surface area is 122 Å². The Morgan fingerprint density at radius 3 is 2.55 bits per heavy atom. The van der Waals surface area contributed by atoms with Gasteiger partial charge in [-0.15, -0.1) is 0 Å². The van der Waals surface area contributed by atoms with Crippen molar-refractivity contribution < 1.29 is 4.79 Å². The molecule has 0 aromatic heterocycles. The van der Waals surface area contributed by atoms with E-state index < -0.39 is 0 Å². The lowest BCUT2D eigenvalue weighted by Gasteiger charge is -2.33. The number of rotatable bonds is 3. The first-order valence-corrected chi connectivity index (χ1v) is 7.56. The minimum absolute atomic E-state index is 0.162. The number of aryl methyl sites for hydroxylation is 1. The lowest BCUT2D eigenvalue weighted by Crippen LogP contribution is -2.43. The molecule has 1 aromatic carbocycles. The van der Waals surface area contributed by atoms with Crippen LogP contribution in [0.5, 0.6) is 0 Å². The third-order valence-corrected chi connectivity index (χ3v) is 4.42. The van der Waals surface area contributed by atoms with Gasteiger partial charge in [-0.1, -0.05) is 39.0 Å². The van der Waals surface area contributed by atoms with Crippen molar-refractivity contribution in [3.63, 3.8) is 0 Å². The van der Waals surface area contributed by atoms with Gasteiger partial charge in [0.05, 0.1) is 0 Å². The van der Waals surface area contributed by atoms with Crippen LogP contribution < -0.4 is 10.6 Å². The van der Waals surface area contributed by atoms with Gasteiger partial charge in [0.2, 0.25) is 5.91 Å². The van der Waals surface area contributed by atoms with Crippen LogP contribution in [-0.4, -0.2) is 19.0 Å². The zero-order valence-corrected chi connectivity index (χ0v) is 13.0. The molecule has 0 radical (unpaired) electrons. The molecule has 3 nitrogen and oxygen atoms in total. The molecule has 1 aliphatic heterocycles. The van der Waals surface area contributed by atoms with Gasteiger partial charge in [-0.05, 0) is 49.9 Å². The number of nitrogens with one attached hydrogen (secondary N) is 2. The summed E-state index contributed by atoms with van der Waals surface area (Å²) < 4.78 is 0. The Bertz CT molecular complexity index is 488. The van der Waals surface area contributed by atoms with Crippen LogP contribution in [0.25, 0.3) is 0 Å². The van der Waals surface area contributed by atoms with Crippen molar-refractivity contribution >= 4 is 11.6 Å². The Morgan fingerprint density at radius 2 is 1.95 bits per heavy atom. The molecule has 2 rings (SSSR count). The monoisotopic (exact) mass is 274 g/mol. The Kier molecular flexibility index (Phi) is 4.48. The largest absolute Gasteiger partial charge is 0.325 e. The van der Waals surface area contributed by atoms with Gasteiger partial charge in [0.15, 0.2) is 0 Å². The fraction of sp³-hybridized carbons (Fsp3) is 0.588. The van der Waals surface area contributed by atoms with Gasteiger partial charge in [0.1, 0.15) is 0 Å². The minimum atomic E-state index is -0.248. The second kappa shape index (κ2) is 5.96. The van der Waals surface area contributed by atoms with Crippen molar-refractivity contribution in [1.82, 2.24) is 5.32 Å². The highest BCUT2D eigenvalue weighted by atomic mass is 16.2. The summed E-state index contributed by atoms with van der Waals surface area (Å²) in [6.07, 6.45) is 1.81. The summed E-state index contributed by atoms with van der Waals surface area (Å²) in [6.45, 7) is 10.3. The zero-order chi connectivity index (χ0) is 14.8. The molecule has 20 heavy (non-hydrogen) atoms. The lowest BCUT2D eigenvalue weighted by molar-refractivity contribution is -0.126. The SMILES string of the molecule is Cc1cccc(C(C)C)c1NC(=O)C1(C)CCNCC1. The number of amides is 1. The summed E-state index contributed by atoms with van der Waals surface area (Å²) in [6, 6.07) is 6.23. The summed E-state index contributed by atoms with van der Waals surface area (Å²) in [4.78, 5) is 12.7. The van der Waals surface area contributed by atoms with Gasteiger partial charge in [-0.2, -0.15) is 0 Å². The predicted molar refractivity (Wildman–Crippen MR) is 84.1 cm³/mol. The molecule has 0 saturated carbocycles. The van der Waals surface area contributed by atoms with Crippen LogP contribution in [-0.2, 0) is 4.79 Å².